The molecule has 0 saturated heterocycles. The molecule has 1 fully saturated rings. The minimum Gasteiger partial charge on any atom is -0.396 e. The molecule has 1 aromatic rings. The van der Waals surface area contributed by atoms with Crippen molar-refractivity contribution in [3.8, 4) is 0 Å². The predicted molar refractivity (Wildman–Crippen MR) is 82.2 cm³/mol. The number of halogens is 2. The molecule has 0 spiro atoms. The Morgan fingerprint density at radius 1 is 1.33 bits per heavy atom. The summed E-state index contributed by atoms with van der Waals surface area (Å²) in [7, 11) is -3.95. The topological polar surface area (TPSA) is 72.2 Å². The van der Waals surface area contributed by atoms with Gasteiger partial charge in [-0.05, 0) is 43.7 Å². The smallest absolute Gasteiger partial charge is 0.243 e. The number of hydrogen-bond acceptors (Lipinski definition) is 3. The molecule has 1 aliphatic carbocycles. The highest BCUT2D eigenvalue weighted by atomic mass is 35.5. The lowest BCUT2D eigenvalue weighted by Crippen LogP contribution is -2.38. The maximum atomic E-state index is 13.9. The normalized spacial score (nSPS) is 23.2. The first-order chi connectivity index (χ1) is 9.83. The molecule has 0 radical (unpaired) electrons. The Hall–Kier alpha value is -0.850. The molecule has 1 saturated carbocycles. The third kappa shape index (κ3) is 3.87. The fourth-order valence-electron chi connectivity index (χ4n) is 2.75. The molecule has 21 heavy (non-hydrogen) atoms. The van der Waals surface area contributed by atoms with Gasteiger partial charge in [-0.3, -0.25) is 0 Å². The van der Waals surface area contributed by atoms with E-state index in [2.05, 4.69) is 11.6 Å². The van der Waals surface area contributed by atoms with E-state index in [1.807, 2.05) is 0 Å². The molecular formula is C14H20ClFN2O2S. The molecular weight excluding hydrogens is 315 g/mol. The fraction of sp³-hybridized carbons (Fsp3) is 0.571. The van der Waals surface area contributed by atoms with Crippen molar-refractivity contribution >= 4 is 27.3 Å². The van der Waals surface area contributed by atoms with E-state index in [0.29, 0.717) is 5.92 Å². The van der Waals surface area contributed by atoms with Gasteiger partial charge in [0.05, 0.1) is 5.69 Å². The third-order valence-corrected chi connectivity index (χ3v) is 5.81. The lowest BCUT2D eigenvalue weighted by Gasteiger charge is -2.28. The van der Waals surface area contributed by atoms with Crippen molar-refractivity contribution < 1.29 is 12.8 Å². The summed E-state index contributed by atoms with van der Waals surface area (Å²) in [6.07, 6.45) is 4.64. The molecule has 4 nitrogen and oxygen atoms in total. The Morgan fingerprint density at radius 2 is 1.95 bits per heavy atom. The maximum absolute atomic E-state index is 13.9. The van der Waals surface area contributed by atoms with Crippen molar-refractivity contribution in [3.63, 3.8) is 0 Å². The molecule has 0 bridgehead atoms. The van der Waals surface area contributed by atoms with Crippen molar-refractivity contribution in [2.45, 2.75) is 50.0 Å². The van der Waals surface area contributed by atoms with E-state index in [1.54, 1.807) is 0 Å². The summed E-state index contributed by atoms with van der Waals surface area (Å²) < 4.78 is 41.1. The van der Waals surface area contributed by atoms with Gasteiger partial charge in [0.1, 0.15) is 4.90 Å². The second kappa shape index (κ2) is 6.50. The van der Waals surface area contributed by atoms with Crippen LogP contribution in [0.25, 0.3) is 0 Å². The number of nitrogens with one attached hydrogen (secondary N) is 1. The van der Waals surface area contributed by atoms with Gasteiger partial charge in [-0.1, -0.05) is 24.9 Å². The minimum absolute atomic E-state index is 0.101. The van der Waals surface area contributed by atoms with E-state index >= 15 is 0 Å². The van der Waals surface area contributed by atoms with Crippen LogP contribution in [0.1, 0.15) is 39.0 Å². The Morgan fingerprint density at radius 3 is 2.52 bits per heavy atom. The summed E-state index contributed by atoms with van der Waals surface area (Å²) in [6.45, 7) is 2.14. The molecule has 0 atom stereocenters. The standard InChI is InChI=1S/C14H20ClFN2O2S/c1-2-9-3-5-11(6-4-9)18-21(19,20)13-8-10(15)7-12(17)14(13)16/h7-9,11,18H,2-6,17H2,1H3. The summed E-state index contributed by atoms with van der Waals surface area (Å²) in [5.74, 6) is -0.293. The quantitative estimate of drug-likeness (QED) is 0.830. The molecule has 0 amide bonds. The summed E-state index contributed by atoms with van der Waals surface area (Å²) >= 11 is 5.77. The average Bonchev–Trinajstić information content (AvgIpc) is 2.43. The minimum atomic E-state index is -3.95. The van der Waals surface area contributed by atoms with Crippen LogP contribution in [0, 0.1) is 11.7 Å². The fourth-order valence-corrected chi connectivity index (χ4v) is 4.48. The molecule has 0 heterocycles. The van der Waals surface area contributed by atoms with Crippen LogP contribution in [0.2, 0.25) is 5.02 Å². The second-order valence-corrected chi connectivity index (χ2v) is 7.67. The van der Waals surface area contributed by atoms with Crippen molar-refractivity contribution in [3.05, 3.63) is 23.0 Å². The van der Waals surface area contributed by atoms with Crippen LogP contribution < -0.4 is 10.5 Å². The van der Waals surface area contributed by atoms with Crippen LogP contribution in [0.5, 0.6) is 0 Å². The Balaban J connectivity index is 2.16. The van der Waals surface area contributed by atoms with E-state index in [0.717, 1.165) is 38.2 Å². The lowest BCUT2D eigenvalue weighted by molar-refractivity contribution is 0.306. The maximum Gasteiger partial charge on any atom is 0.243 e. The van der Waals surface area contributed by atoms with Gasteiger partial charge < -0.3 is 5.73 Å². The molecule has 2 rings (SSSR count). The van der Waals surface area contributed by atoms with Gasteiger partial charge in [-0.15, -0.1) is 0 Å². The van der Waals surface area contributed by atoms with Gasteiger partial charge in [-0.2, -0.15) is 0 Å². The van der Waals surface area contributed by atoms with Gasteiger partial charge in [0, 0.05) is 11.1 Å². The molecule has 0 aliphatic heterocycles. The number of benzene rings is 1. The van der Waals surface area contributed by atoms with Gasteiger partial charge in [0.15, 0.2) is 5.82 Å². The summed E-state index contributed by atoms with van der Waals surface area (Å²) in [4.78, 5) is -0.481. The molecule has 118 valence electrons. The van der Waals surface area contributed by atoms with E-state index in [9.17, 15) is 12.8 Å². The third-order valence-electron chi connectivity index (χ3n) is 4.07. The van der Waals surface area contributed by atoms with Crippen LogP contribution in [0.4, 0.5) is 10.1 Å². The molecule has 7 heteroatoms. The average molecular weight is 335 g/mol. The zero-order valence-corrected chi connectivity index (χ0v) is 13.5. The van der Waals surface area contributed by atoms with E-state index in [4.69, 9.17) is 17.3 Å². The molecule has 1 aromatic carbocycles. The Labute approximate surface area is 129 Å². The molecule has 3 N–H and O–H groups in total. The summed E-state index contributed by atoms with van der Waals surface area (Å²) in [6, 6.07) is 2.13. The number of rotatable bonds is 4. The molecule has 1 aliphatic rings. The van der Waals surface area contributed by atoms with Crippen molar-refractivity contribution in [2.24, 2.45) is 5.92 Å². The number of hydrogen-bond donors (Lipinski definition) is 2. The van der Waals surface area contributed by atoms with Crippen LogP contribution in [-0.4, -0.2) is 14.5 Å². The second-order valence-electron chi connectivity index (χ2n) is 5.55. The Kier molecular flexibility index (Phi) is 5.11. The van der Waals surface area contributed by atoms with E-state index in [1.165, 1.54) is 6.07 Å². The first-order valence-electron chi connectivity index (χ1n) is 7.10. The highest BCUT2D eigenvalue weighted by Crippen LogP contribution is 2.29. The number of anilines is 1. The number of sulfonamides is 1. The van der Waals surface area contributed by atoms with Crippen LogP contribution in [-0.2, 0) is 10.0 Å². The largest absolute Gasteiger partial charge is 0.396 e. The van der Waals surface area contributed by atoms with Crippen molar-refractivity contribution in [1.29, 1.82) is 0 Å². The monoisotopic (exact) mass is 334 g/mol. The predicted octanol–water partition coefficient (Wildman–Crippen LogP) is 3.31. The highest BCUT2D eigenvalue weighted by molar-refractivity contribution is 7.89. The molecule has 0 aromatic heterocycles. The van der Waals surface area contributed by atoms with Crippen LogP contribution in [0.3, 0.4) is 0 Å². The van der Waals surface area contributed by atoms with Crippen LogP contribution >= 0.6 is 11.6 Å². The zero-order chi connectivity index (χ0) is 15.6. The van der Waals surface area contributed by atoms with E-state index < -0.39 is 20.7 Å². The Bertz CT molecular complexity index is 614. The van der Waals surface area contributed by atoms with Gasteiger partial charge >= 0.3 is 0 Å². The van der Waals surface area contributed by atoms with Gasteiger partial charge in [-0.25, -0.2) is 17.5 Å². The lowest BCUT2D eigenvalue weighted by atomic mass is 9.85. The highest BCUT2D eigenvalue weighted by Gasteiger charge is 2.27. The SMILES string of the molecule is CCC1CCC(NS(=O)(=O)c2cc(Cl)cc(N)c2F)CC1. The van der Waals surface area contributed by atoms with Crippen molar-refractivity contribution in [1.82, 2.24) is 4.72 Å². The number of nitrogen functional groups attached to an aromatic ring is 1. The van der Waals surface area contributed by atoms with Crippen LogP contribution in [0.15, 0.2) is 17.0 Å². The summed E-state index contributed by atoms with van der Waals surface area (Å²) in [5, 5.41) is 0.101. The number of nitrogens with two attached hydrogens (primary N) is 1. The van der Waals surface area contributed by atoms with E-state index in [-0.39, 0.29) is 16.8 Å². The zero-order valence-electron chi connectivity index (χ0n) is 11.9. The summed E-state index contributed by atoms with van der Waals surface area (Å²) in [5.41, 5.74) is 5.17. The molecule has 0 unspecified atom stereocenters. The van der Waals surface area contributed by atoms with Gasteiger partial charge in [0.25, 0.3) is 0 Å². The van der Waals surface area contributed by atoms with Gasteiger partial charge in [0.2, 0.25) is 10.0 Å². The van der Waals surface area contributed by atoms with Crippen molar-refractivity contribution in [2.75, 3.05) is 5.73 Å². The first kappa shape index (κ1) is 16.5. The first-order valence-corrected chi connectivity index (χ1v) is 8.96.